The van der Waals surface area contributed by atoms with Crippen LogP contribution in [-0.2, 0) is 0 Å². The van der Waals surface area contributed by atoms with Gasteiger partial charge in [0, 0.05) is 13.1 Å². The zero-order chi connectivity index (χ0) is 12.7. The van der Waals surface area contributed by atoms with Gasteiger partial charge < -0.3 is 14.4 Å². The molecule has 5 heteroatoms. The van der Waals surface area contributed by atoms with Gasteiger partial charge in [-0.15, -0.1) is 0 Å². The predicted octanol–water partition coefficient (Wildman–Crippen LogP) is 1.85. The Labute approximate surface area is 104 Å². The van der Waals surface area contributed by atoms with Crippen molar-refractivity contribution in [1.82, 2.24) is 4.90 Å². The fourth-order valence-corrected chi connectivity index (χ4v) is 3.12. The number of nitrogens with zero attached hydrogens (tertiary/aromatic N) is 1. The molecule has 3 rings (SSSR count). The second-order valence-corrected chi connectivity index (χ2v) is 5.13. The molecule has 1 aliphatic carbocycles. The van der Waals surface area contributed by atoms with E-state index in [0.717, 1.165) is 13.1 Å². The van der Waals surface area contributed by atoms with Gasteiger partial charge in [0.05, 0.1) is 0 Å². The highest BCUT2D eigenvalue weighted by atomic mass is 16.4. The lowest BCUT2D eigenvalue weighted by Crippen LogP contribution is -2.29. The van der Waals surface area contributed by atoms with E-state index >= 15 is 0 Å². The van der Waals surface area contributed by atoms with Crippen LogP contribution in [0.5, 0.6) is 0 Å². The standard InChI is InChI=1S/C13H15NO4/c15-12(10-4-5-11(18-10)13(16)17)14-6-8-2-1-3-9(8)7-14/h4-5,8-9H,1-3,6-7H2,(H,16,17)/t8-,9-/m1/s1. The minimum absolute atomic E-state index is 0.132. The third kappa shape index (κ3) is 1.79. The number of amides is 1. The summed E-state index contributed by atoms with van der Waals surface area (Å²) in [6, 6.07) is 2.77. The SMILES string of the molecule is O=C(O)c1ccc(C(=O)N2C[C@H]3CCC[C@@H]3C2)o1. The lowest BCUT2D eigenvalue weighted by Gasteiger charge is -2.15. The lowest BCUT2D eigenvalue weighted by molar-refractivity contribution is 0.0652. The molecule has 1 aromatic rings. The maximum atomic E-state index is 12.2. The van der Waals surface area contributed by atoms with Crippen molar-refractivity contribution in [1.29, 1.82) is 0 Å². The van der Waals surface area contributed by atoms with E-state index in [-0.39, 0.29) is 17.4 Å². The molecule has 0 unspecified atom stereocenters. The summed E-state index contributed by atoms with van der Waals surface area (Å²) in [6.45, 7) is 1.57. The smallest absolute Gasteiger partial charge is 0.371 e. The van der Waals surface area contributed by atoms with Crippen molar-refractivity contribution in [2.45, 2.75) is 19.3 Å². The molecular weight excluding hydrogens is 234 g/mol. The van der Waals surface area contributed by atoms with Crippen LogP contribution in [0.2, 0.25) is 0 Å². The van der Waals surface area contributed by atoms with Gasteiger partial charge in [0.1, 0.15) is 0 Å². The van der Waals surface area contributed by atoms with Crippen molar-refractivity contribution in [3.63, 3.8) is 0 Å². The summed E-state index contributed by atoms with van der Waals surface area (Å²) in [5.41, 5.74) is 0. The minimum Gasteiger partial charge on any atom is -0.475 e. The van der Waals surface area contributed by atoms with Crippen LogP contribution >= 0.6 is 0 Å². The highest BCUT2D eigenvalue weighted by molar-refractivity contribution is 5.93. The van der Waals surface area contributed by atoms with Gasteiger partial charge in [-0.1, -0.05) is 6.42 Å². The van der Waals surface area contributed by atoms with Crippen molar-refractivity contribution in [3.8, 4) is 0 Å². The summed E-state index contributed by atoms with van der Waals surface area (Å²) in [4.78, 5) is 24.6. The maximum absolute atomic E-state index is 12.2. The van der Waals surface area contributed by atoms with Crippen LogP contribution in [0, 0.1) is 11.8 Å². The average Bonchev–Trinajstić information content (AvgIpc) is 3.02. The Morgan fingerprint density at radius 1 is 1.17 bits per heavy atom. The van der Waals surface area contributed by atoms with E-state index in [0.29, 0.717) is 11.8 Å². The van der Waals surface area contributed by atoms with Crippen molar-refractivity contribution < 1.29 is 19.1 Å². The summed E-state index contributed by atoms with van der Waals surface area (Å²) >= 11 is 0. The number of carboxylic acid groups (broad SMARTS) is 1. The third-order valence-electron chi connectivity index (χ3n) is 4.04. The largest absolute Gasteiger partial charge is 0.475 e. The molecule has 0 aromatic carbocycles. The number of hydrogen-bond donors (Lipinski definition) is 1. The molecule has 1 saturated carbocycles. The fourth-order valence-electron chi connectivity index (χ4n) is 3.12. The first-order chi connectivity index (χ1) is 8.65. The third-order valence-corrected chi connectivity index (χ3v) is 4.04. The Hall–Kier alpha value is -1.78. The highest BCUT2D eigenvalue weighted by Crippen LogP contribution is 2.38. The number of hydrogen-bond acceptors (Lipinski definition) is 3. The van der Waals surface area contributed by atoms with Crippen LogP contribution < -0.4 is 0 Å². The summed E-state index contributed by atoms with van der Waals surface area (Å²) < 4.78 is 5.05. The molecule has 18 heavy (non-hydrogen) atoms. The second kappa shape index (κ2) is 4.15. The zero-order valence-corrected chi connectivity index (χ0v) is 9.96. The minimum atomic E-state index is -1.15. The number of carboxylic acids is 1. The van der Waals surface area contributed by atoms with Crippen LogP contribution in [0.4, 0.5) is 0 Å². The number of fused-ring (bicyclic) bond motifs is 1. The van der Waals surface area contributed by atoms with Crippen molar-refractivity contribution in [2.24, 2.45) is 11.8 Å². The van der Waals surface area contributed by atoms with E-state index < -0.39 is 5.97 Å². The van der Waals surface area contributed by atoms with E-state index in [2.05, 4.69) is 0 Å². The lowest BCUT2D eigenvalue weighted by atomic mass is 10.0. The fraction of sp³-hybridized carbons (Fsp3) is 0.538. The molecule has 0 bridgehead atoms. The molecule has 1 N–H and O–H groups in total. The molecule has 1 aromatic heterocycles. The Morgan fingerprint density at radius 3 is 2.33 bits per heavy atom. The van der Waals surface area contributed by atoms with Gasteiger partial charge in [0.2, 0.25) is 5.76 Å². The summed E-state index contributed by atoms with van der Waals surface area (Å²) in [5.74, 6) is -0.125. The molecule has 2 fully saturated rings. The molecular formula is C13H15NO4. The maximum Gasteiger partial charge on any atom is 0.371 e. The van der Waals surface area contributed by atoms with Crippen molar-refractivity contribution in [2.75, 3.05) is 13.1 Å². The predicted molar refractivity (Wildman–Crippen MR) is 62.4 cm³/mol. The number of furan rings is 1. The van der Waals surface area contributed by atoms with Crippen LogP contribution in [0.25, 0.3) is 0 Å². The number of likely N-dealkylation sites (tertiary alicyclic amines) is 1. The molecule has 2 heterocycles. The Morgan fingerprint density at radius 2 is 1.78 bits per heavy atom. The van der Waals surface area contributed by atoms with E-state index in [1.807, 2.05) is 0 Å². The molecule has 96 valence electrons. The van der Waals surface area contributed by atoms with Crippen LogP contribution in [0.3, 0.4) is 0 Å². The van der Waals surface area contributed by atoms with E-state index in [1.54, 1.807) is 4.90 Å². The summed E-state index contributed by atoms with van der Waals surface area (Å²) in [6.07, 6.45) is 3.67. The van der Waals surface area contributed by atoms with Crippen molar-refractivity contribution in [3.05, 3.63) is 23.7 Å². The molecule has 1 amide bonds. The molecule has 0 radical (unpaired) electrons. The average molecular weight is 249 g/mol. The van der Waals surface area contributed by atoms with Gasteiger partial charge in [-0.2, -0.15) is 0 Å². The summed E-state index contributed by atoms with van der Waals surface area (Å²) in [7, 11) is 0. The molecule has 1 saturated heterocycles. The number of aromatic carboxylic acids is 1. The first-order valence-electron chi connectivity index (χ1n) is 6.27. The number of carbonyl (C=O) groups is 2. The molecule has 5 nitrogen and oxygen atoms in total. The first-order valence-corrected chi connectivity index (χ1v) is 6.27. The molecule has 2 aliphatic rings. The highest BCUT2D eigenvalue weighted by Gasteiger charge is 2.38. The van der Waals surface area contributed by atoms with Gasteiger partial charge in [-0.25, -0.2) is 4.79 Å². The van der Waals surface area contributed by atoms with Gasteiger partial charge in [0.25, 0.3) is 5.91 Å². The van der Waals surface area contributed by atoms with Gasteiger partial charge in [-0.05, 0) is 36.8 Å². The Balaban J connectivity index is 1.72. The van der Waals surface area contributed by atoms with E-state index in [4.69, 9.17) is 9.52 Å². The molecule has 1 aliphatic heterocycles. The first kappa shape index (κ1) is 11.3. The Bertz CT molecular complexity index is 481. The Kier molecular flexibility index (Phi) is 2.61. The normalized spacial score (nSPS) is 26.3. The van der Waals surface area contributed by atoms with Crippen LogP contribution in [-0.4, -0.2) is 35.0 Å². The zero-order valence-electron chi connectivity index (χ0n) is 9.96. The van der Waals surface area contributed by atoms with E-state index in [9.17, 15) is 9.59 Å². The quantitative estimate of drug-likeness (QED) is 0.868. The van der Waals surface area contributed by atoms with Gasteiger partial charge in [0.15, 0.2) is 5.76 Å². The van der Waals surface area contributed by atoms with Crippen LogP contribution in [0.1, 0.15) is 40.4 Å². The number of rotatable bonds is 2. The number of carbonyl (C=O) groups excluding carboxylic acids is 1. The topological polar surface area (TPSA) is 70.8 Å². The van der Waals surface area contributed by atoms with E-state index in [1.165, 1.54) is 31.4 Å². The van der Waals surface area contributed by atoms with Crippen molar-refractivity contribution >= 4 is 11.9 Å². The molecule has 2 atom stereocenters. The van der Waals surface area contributed by atoms with Gasteiger partial charge >= 0.3 is 5.97 Å². The summed E-state index contributed by atoms with van der Waals surface area (Å²) in [5, 5.41) is 8.76. The second-order valence-electron chi connectivity index (χ2n) is 5.13. The van der Waals surface area contributed by atoms with Gasteiger partial charge in [-0.3, -0.25) is 4.79 Å². The molecule has 0 spiro atoms. The van der Waals surface area contributed by atoms with Crippen LogP contribution in [0.15, 0.2) is 16.5 Å². The monoisotopic (exact) mass is 249 g/mol.